The Morgan fingerprint density at radius 3 is 2.53 bits per heavy atom. The summed E-state index contributed by atoms with van der Waals surface area (Å²) in [6.07, 6.45) is 0.357. The first-order valence-corrected chi connectivity index (χ1v) is 7.93. The van der Waals surface area contributed by atoms with E-state index in [-0.39, 0.29) is 16.3 Å². The summed E-state index contributed by atoms with van der Waals surface area (Å²) >= 11 is 16.5. The Balaban J connectivity index is 2.23. The molecular formula is C12H10BrCl2NO2S. The van der Waals surface area contributed by atoms with Crippen LogP contribution in [0.15, 0.2) is 16.6 Å². The molecule has 1 aromatic carbocycles. The lowest BCUT2D eigenvalue weighted by Crippen LogP contribution is -2.24. The Morgan fingerprint density at radius 1 is 1.42 bits per heavy atom. The van der Waals surface area contributed by atoms with Crippen LogP contribution in [-0.4, -0.2) is 22.8 Å². The molecule has 19 heavy (non-hydrogen) atoms. The van der Waals surface area contributed by atoms with E-state index in [0.29, 0.717) is 33.2 Å². The van der Waals surface area contributed by atoms with Gasteiger partial charge in [0.15, 0.2) is 5.12 Å². The molecule has 0 aromatic heterocycles. The zero-order valence-electron chi connectivity index (χ0n) is 9.95. The van der Waals surface area contributed by atoms with Crippen LogP contribution in [0.3, 0.4) is 0 Å². The molecule has 102 valence electrons. The number of anilines is 1. The molecule has 1 aliphatic rings. The molecule has 0 saturated carbocycles. The lowest BCUT2D eigenvalue weighted by molar-refractivity contribution is -0.117. The van der Waals surface area contributed by atoms with Crippen molar-refractivity contribution in [1.82, 2.24) is 0 Å². The summed E-state index contributed by atoms with van der Waals surface area (Å²) in [7, 11) is 0. The molecule has 1 fully saturated rings. The summed E-state index contributed by atoms with van der Waals surface area (Å²) in [6, 6.07) is 3.38. The van der Waals surface area contributed by atoms with Crippen molar-refractivity contribution in [2.45, 2.75) is 18.6 Å². The summed E-state index contributed by atoms with van der Waals surface area (Å²) in [5, 5.41) is 0.925. The van der Waals surface area contributed by atoms with E-state index in [1.165, 1.54) is 18.7 Å². The summed E-state index contributed by atoms with van der Waals surface area (Å²) in [5.74, 6) is -0.0202. The number of hydrogen-bond acceptors (Lipinski definition) is 3. The van der Waals surface area contributed by atoms with Gasteiger partial charge in [-0.2, -0.15) is 0 Å². The number of carbonyl (C=O) groups is 2. The minimum atomic E-state index is -0.0202. The van der Waals surface area contributed by atoms with Crippen LogP contribution < -0.4 is 4.90 Å². The number of carbonyl (C=O) groups excluding carboxylic acids is 2. The highest BCUT2D eigenvalue weighted by atomic mass is 79.9. The van der Waals surface area contributed by atoms with Crippen molar-refractivity contribution in [3.8, 4) is 0 Å². The highest BCUT2D eigenvalue weighted by molar-refractivity contribution is 9.10. The van der Waals surface area contributed by atoms with Crippen molar-refractivity contribution in [3.05, 3.63) is 26.7 Å². The lowest BCUT2D eigenvalue weighted by atomic mass is 10.3. The van der Waals surface area contributed by atoms with Crippen LogP contribution in [-0.2, 0) is 9.59 Å². The van der Waals surface area contributed by atoms with Crippen molar-refractivity contribution >= 4 is 67.6 Å². The molecule has 1 unspecified atom stereocenters. The molecule has 0 aliphatic carbocycles. The van der Waals surface area contributed by atoms with Crippen molar-refractivity contribution in [1.29, 1.82) is 0 Å². The third-order valence-corrected chi connectivity index (χ3v) is 5.59. The molecule has 2 rings (SSSR count). The summed E-state index contributed by atoms with van der Waals surface area (Å²) in [5.41, 5.74) is 0.662. The first-order chi connectivity index (χ1) is 8.88. The Labute approximate surface area is 133 Å². The van der Waals surface area contributed by atoms with Gasteiger partial charge in [0.05, 0.1) is 14.5 Å². The fourth-order valence-electron chi connectivity index (χ4n) is 1.94. The summed E-state index contributed by atoms with van der Waals surface area (Å²) in [6.45, 7) is 2.00. The van der Waals surface area contributed by atoms with Crippen LogP contribution >= 0.6 is 50.9 Å². The smallest absolute Gasteiger partial charge is 0.228 e. The average Bonchev–Trinajstić information content (AvgIpc) is 2.65. The largest absolute Gasteiger partial charge is 0.311 e. The first kappa shape index (κ1) is 15.2. The van der Waals surface area contributed by atoms with Gasteiger partial charge in [-0.1, -0.05) is 35.0 Å². The number of hydrogen-bond donors (Lipinski definition) is 0. The van der Waals surface area contributed by atoms with Gasteiger partial charge in [-0.25, -0.2) is 0 Å². The molecule has 1 saturated heterocycles. The van der Waals surface area contributed by atoms with E-state index in [1.54, 1.807) is 17.0 Å². The second kappa shape index (κ2) is 6.04. The molecule has 0 radical (unpaired) electrons. The second-order valence-electron chi connectivity index (χ2n) is 4.16. The quantitative estimate of drug-likeness (QED) is 0.721. The number of rotatable bonds is 2. The highest BCUT2D eigenvalue weighted by Crippen LogP contribution is 2.37. The molecule has 0 bridgehead atoms. The maximum Gasteiger partial charge on any atom is 0.228 e. The fraction of sp³-hybridized carbons (Fsp3) is 0.333. The van der Waals surface area contributed by atoms with E-state index >= 15 is 0 Å². The summed E-state index contributed by atoms with van der Waals surface area (Å²) in [4.78, 5) is 24.7. The molecule has 1 aliphatic heterocycles. The van der Waals surface area contributed by atoms with Gasteiger partial charge < -0.3 is 4.90 Å². The molecule has 1 amide bonds. The molecule has 7 heteroatoms. The number of halogens is 3. The Kier molecular flexibility index (Phi) is 4.82. The first-order valence-electron chi connectivity index (χ1n) is 5.50. The van der Waals surface area contributed by atoms with Gasteiger partial charge >= 0.3 is 0 Å². The molecule has 1 atom stereocenters. The third-order valence-electron chi connectivity index (χ3n) is 2.70. The van der Waals surface area contributed by atoms with Gasteiger partial charge in [0, 0.05) is 30.8 Å². The van der Waals surface area contributed by atoms with Crippen molar-refractivity contribution in [2.75, 3.05) is 11.4 Å². The molecule has 0 spiro atoms. The highest BCUT2D eigenvalue weighted by Gasteiger charge is 2.32. The monoisotopic (exact) mass is 381 g/mol. The molecule has 3 nitrogen and oxygen atoms in total. The van der Waals surface area contributed by atoms with E-state index in [9.17, 15) is 9.59 Å². The van der Waals surface area contributed by atoms with Crippen LogP contribution in [0.25, 0.3) is 0 Å². The predicted molar refractivity (Wildman–Crippen MR) is 83.2 cm³/mol. The molecule has 0 N–H and O–H groups in total. The van der Waals surface area contributed by atoms with Crippen LogP contribution in [0.2, 0.25) is 10.0 Å². The van der Waals surface area contributed by atoms with Gasteiger partial charge in [-0.05, 0) is 28.1 Å². The molecule has 1 heterocycles. The maximum atomic E-state index is 12.0. The minimum Gasteiger partial charge on any atom is -0.311 e. The van der Waals surface area contributed by atoms with Gasteiger partial charge in [0.2, 0.25) is 5.91 Å². The normalized spacial score (nSPS) is 19.1. The van der Waals surface area contributed by atoms with Crippen molar-refractivity contribution in [3.63, 3.8) is 0 Å². The zero-order chi connectivity index (χ0) is 14.2. The molecule has 1 aromatic rings. The lowest BCUT2D eigenvalue weighted by Gasteiger charge is -2.17. The Hall–Kier alpha value is -0.230. The van der Waals surface area contributed by atoms with E-state index in [1.807, 2.05) is 0 Å². The number of nitrogens with zero attached hydrogens (tertiary/aromatic N) is 1. The van der Waals surface area contributed by atoms with E-state index in [2.05, 4.69) is 15.9 Å². The second-order valence-corrected chi connectivity index (χ2v) is 7.25. The van der Waals surface area contributed by atoms with E-state index in [4.69, 9.17) is 23.2 Å². The number of amides is 1. The number of thioether (sulfide) groups is 1. The van der Waals surface area contributed by atoms with E-state index < -0.39 is 0 Å². The van der Waals surface area contributed by atoms with Crippen LogP contribution in [0, 0.1) is 0 Å². The van der Waals surface area contributed by atoms with Gasteiger partial charge in [0.25, 0.3) is 0 Å². The number of benzene rings is 1. The van der Waals surface area contributed by atoms with Crippen LogP contribution in [0.1, 0.15) is 13.3 Å². The Morgan fingerprint density at radius 2 is 2.00 bits per heavy atom. The van der Waals surface area contributed by atoms with Crippen LogP contribution in [0.5, 0.6) is 0 Å². The predicted octanol–water partition coefficient (Wildman–Crippen LogP) is 4.14. The zero-order valence-corrected chi connectivity index (χ0v) is 13.9. The van der Waals surface area contributed by atoms with Crippen LogP contribution in [0.4, 0.5) is 5.69 Å². The van der Waals surface area contributed by atoms with Gasteiger partial charge in [-0.3, -0.25) is 9.59 Å². The standard InChI is InChI=1S/C12H10BrCl2NO2S/c1-6(17)19-8-4-11(18)16(5-8)7-2-9(14)12(13)10(15)3-7/h2-3,8H,4-5H2,1H3. The van der Waals surface area contributed by atoms with Gasteiger partial charge in [0.1, 0.15) is 0 Å². The Bertz CT molecular complexity index is 530. The van der Waals surface area contributed by atoms with Crippen molar-refractivity contribution < 1.29 is 9.59 Å². The third kappa shape index (κ3) is 3.45. The minimum absolute atomic E-state index is 0.00815. The van der Waals surface area contributed by atoms with Gasteiger partial charge in [-0.15, -0.1) is 0 Å². The summed E-state index contributed by atoms with van der Waals surface area (Å²) < 4.78 is 0.612. The van der Waals surface area contributed by atoms with E-state index in [0.717, 1.165) is 0 Å². The average molecular weight is 383 g/mol. The molecular weight excluding hydrogens is 373 g/mol. The fourth-order valence-corrected chi connectivity index (χ4v) is 3.56. The SMILES string of the molecule is CC(=O)SC1CC(=O)N(c2cc(Cl)c(Br)c(Cl)c2)C1. The topological polar surface area (TPSA) is 37.4 Å². The van der Waals surface area contributed by atoms with Crippen molar-refractivity contribution in [2.24, 2.45) is 0 Å². The maximum absolute atomic E-state index is 12.0.